The van der Waals surface area contributed by atoms with Gasteiger partial charge in [-0.15, -0.1) is 5.10 Å². The standard InChI is InChI=1S/C6H12N3P/c1-6(2,3)5-7-8-9(4)10-5/h1-4H3. The molecule has 56 valence electrons. The van der Waals surface area contributed by atoms with E-state index in [4.69, 9.17) is 0 Å². The van der Waals surface area contributed by atoms with Crippen molar-refractivity contribution >= 4 is 8.35 Å². The predicted molar refractivity (Wildman–Crippen MR) is 42.2 cm³/mol. The molecule has 0 saturated carbocycles. The predicted octanol–water partition coefficient (Wildman–Crippen LogP) is 1.69. The largest absolute Gasteiger partial charge is 0.230 e. The first-order valence-electron chi connectivity index (χ1n) is 3.24. The highest BCUT2D eigenvalue weighted by Crippen LogP contribution is 2.25. The fourth-order valence-electron chi connectivity index (χ4n) is 0.584. The zero-order valence-corrected chi connectivity index (χ0v) is 7.68. The van der Waals surface area contributed by atoms with E-state index in [0.29, 0.717) is 0 Å². The monoisotopic (exact) mass is 157 g/mol. The van der Waals surface area contributed by atoms with Gasteiger partial charge in [-0.25, -0.2) is 4.44 Å². The van der Waals surface area contributed by atoms with Gasteiger partial charge in [0, 0.05) is 12.5 Å². The normalized spacial score (nSPS) is 12.8. The summed E-state index contributed by atoms with van der Waals surface area (Å²) < 4.78 is 1.82. The first-order chi connectivity index (χ1) is 4.50. The Balaban J connectivity index is 2.96. The van der Waals surface area contributed by atoms with E-state index in [1.165, 1.54) is 0 Å². The summed E-state index contributed by atoms with van der Waals surface area (Å²) in [6, 6.07) is 0. The van der Waals surface area contributed by atoms with E-state index in [1.807, 2.05) is 11.5 Å². The maximum atomic E-state index is 4.04. The van der Waals surface area contributed by atoms with Gasteiger partial charge in [0.05, 0.1) is 8.35 Å². The maximum Gasteiger partial charge on any atom is 0.115 e. The summed E-state index contributed by atoms with van der Waals surface area (Å²) in [5, 5.41) is 7.94. The lowest BCUT2D eigenvalue weighted by atomic mass is 9.98. The summed E-state index contributed by atoms with van der Waals surface area (Å²) >= 11 is 0. The van der Waals surface area contributed by atoms with E-state index in [9.17, 15) is 0 Å². The molecule has 0 bridgehead atoms. The minimum absolute atomic E-state index is 0.163. The van der Waals surface area contributed by atoms with Gasteiger partial charge < -0.3 is 0 Å². The fraction of sp³-hybridized carbons (Fsp3) is 0.833. The van der Waals surface area contributed by atoms with Crippen LogP contribution in [0, 0.1) is 0 Å². The van der Waals surface area contributed by atoms with Gasteiger partial charge in [-0.05, 0) is 0 Å². The molecule has 0 aromatic carbocycles. The molecular weight excluding hydrogens is 145 g/mol. The van der Waals surface area contributed by atoms with Crippen LogP contribution in [0.25, 0.3) is 0 Å². The van der Waals surface area contributed by atoms with Crippen LogP contribution in [0.15, 0.2) is 0 Å². The molecule has 0 aliphatic rings. The Morgan fingerprint density at radius 2 is 2.00 bits per heavy atom. The van der Waals surface area contributed by atoms with Crippen molar-refractivity contribution in [2.24, 2.45) is 7.05 Å². The average molecular weight is 157 g/mol. The molecule has 0 unspecified atom stereocenters. The van der Waals surface area contributed by atoms with Gasteiger partial charge in [-0.3, -0.25) is 0 Å². The molecule has 1 aromatic heterocycles. The van der Waals surface area contributed by atoms with Crippen LogP contribution >= 0.6 is 8.35 Å². The molecule has 1 rings (SSSR count). The smallest absolute Gasteiger partial charge is 0.115 e. The van der Waals surface area contributed by atoms with Crippen LogP contribution in [-0.2, 0) is 12.5 Å². The minimum atomic E-state index is 0.163. The van der Waals surface area contributed by atoms with E-state index in [-0.39, 0.29) is 5.41 Å². The van der Waals surface area contributed by atoms with Crippen LogP contribution < -0.4 is 0 Å². The van der Waals surface area contributed by atoms with Crippen molar-refractivity contribution in [3.63, 3.8) is 0 Å². The molecule has 0 N–H and O–H groups in total. The van der Waals surface area contributed by atoms with Crippen molar-refractivity contribution in [2.75, 3.05) is 0 Å². The second kappa shape index (κ2) is 2.31. The van der Waals surface area contributed by atoms with Crippen LogP contribution in [0.2, 0.25) is 0 Å². The fourth-order valence-corrected chi connectivity index (χ4v) is 1.32. The zero-order chi connectivity index (χ0) is 7.78. The Kier molecular flexibility index (Phi) is 1.78. The molecule has 0 spiro atoms. The molecule has 0 saturated heterocycles. The van der Waals surface area contributed by atoms with Crippen molar-refractivity contribution in [3.8, 4) is 0 Å². The lowest BCUT2D eigenvalue weighted by molar-refractivity contribution is 0.573. The molecule has 4 heteroatoms. The molecule has 1 aromatic rings. The van der Waals surface area contributed by atoms with Gasteiger partial charge in [0.2, 0.25) is 0 Å². The lowest BCUT2D eigenvalue weighted by Crippen LogP contribution is -2.09. The number of rotatable bonds is 0. The number of nitrogens with zero attached hydrogens (tertiary/aromatic N) is 3. The average Bonchev–Trinajstić information content (AvgIpc) is 2.11. The van der Waals surface area contributed by atoms with Crippen LogP contribution in [0.1, 0.15) is 26.2 Å². The summed E-state index contributed by atoms with van der Waals surface area (Å²) in [7, 11) is 3.04. The van der Waals surface area contributed by atoms with Crippen LogP contribution in [0.5, 0.6) is 0 Å². The number of aromatic nitrogens is 3. The molecular formula is C6H12N3P. The van der Waals surface area contributed by atoms with Gasteiger partial charge in [0.1, 0.15) is 5.43 Å². The first-order valence-corrected chi connectivity index (χ1v) is 4.09. The van der Waals surface area contributed by atoms with Crippen molar-refractivity contribution in [1.29, 1.82) is 0 Å². The van der Waals surface area contributed by atoms with Crippen molar-refractivity contribution in [1.82, 2.24) is 14.8 Å². The third-order valence-electron chi connectivity index (χ3n) is 1.18. The maximum absolute atomic E-state index is 4.04. The Labute approximate surface area is 62.6 Å². The first kappa shape index (κ1) is 7.67. The topological polar surface area (TPSA) is 30.7 Å². The van der Waals surface area contributed by atoms with E-state index in [2.05, 4.69) is 31.1 Å². The van der Waals surface area contributed by atoms with Crippen molar-refractivity contribution in [2.45, 2.75) is 26.2 Å². The Bertz CT molecular complexity index is 223. The van der Waals surface area contributed by atoms with Gasteiger partial charge in [-0.1, -0.05) is 26.0 Å². The molecule has 0 aliphatic heterocycles. The number of hydrogen-bond donors (Lipinski definition) is 0. The van der Waals surface area contributed by atoms with Crippen LogP contribution in [0.3, 0.4) is 0 Å². The minimum Gasteiger partial charge on any atom is -0.230 e. The highest BCUT2D eigenvalue weighted by molar-refractivity contribution is 7.26. The second-order valence-electron chi connectivity index (χ2n) is 3.35. The van der Waals surface area contributed by atoms with Gasteiger partial charge in [-0.2, -0.15) is 0 Å². The molecule has 10 heavy (non-hydrogen) atoms. The SMILES string of the molecule is Cn1nnc(C(C)(C)C)p1. The summed E-state index contributed by atoms with van der Waals surface area (Å²) in [5.41, 5.74) is 1.30. The third kappa shape index (κ3) is 1.54. The van der Waals surface area contributed by atoms with Crippen molar-refractivity contribution < 1.29 is 0 Å². The summed E-state index contributed by atoms with van der Waals surface area (Å²) in [5.74, 6) is 0. The molecule has 1 heterocycles. The lowest BCUT2D eigenvalue weighted by Gasteiger charge is -2.11. The van der Waals surface area contributed by atoms with Crippen LogP contribution in [0.4, 0.5) is 0 Å². The summed E-state index contributed by atoms with van der Waals surface area (Å²) in [6.07, 6.45) is 0. The number of aryl methyl sites for hydroxylation is 1. The summed E-state index contributed by atoms with van der Waals surface area (Å²) in [6.45, 7) is 6.44. The quantitative estimate of drug-likeness (QED) is 0.573. The highest BCUT2D eigenvalue weighted by atomic mass is 31.0. The van der Waals surface area contributed by atoms with E-state index >= 15 is 0 Å². The molecule has 0 atom stereocenters. The zero-order valence-electron chi connectivity index (χ0n) is 6.79. The summed E-state index contributed by atoms with van der Waals surface area (Å²) in [4.78, 5) is 0. The second-order valence-corrected chi connectivity index (χ2v) is 4.55. The molecule has 0 amide bonds. The Morgan fingerprint density at radius 3 is 2.20 bits per heavy atom. The molecule has 0 radical (unpaired) electrons. The van der Waals surface area contributed by atoms with Crippen LogP contribution in [-0.4, -0.2) is 14.8 Å². The highest BCUT2D eigenvalue weighted by Gasteiger charge is 2.17. The van der Waals surface area contributed by atoms with E-state index < -0.39 is 0 Å². The Morgan fingerprint density at radius 1 is 1.40 bits per heavy atom. The van der Waals surface area contributed by atoms with E-state index in [1.54, 1.807) is 0 Å². The van der Waals surface area contributed by atoms with Gasteiger partial charge >= 0.3 is 0 Å². The van der Waals surface area contributed by atoms with E-state index in [0.717, 1.165) is 13.8 Å². The molecule has 3 nitrogen and oxygen atoms in total. The third-order valence-corrected chi connectivity index (χ3v) is 2.50. The van der Waals surface area contributed by atoms with Crippen molar-refractivity contribution in [3.05, 3.63) is 5.43 Å². The molecule has 0 fully saturated rings. The van der Waals surface area contributed by atoms with Gasteiger partial charge in [0.15, 0.2) is 0 Å². The Hall–Kier alpha value is -0.430. The molecule has 0 aliphatic carbocycles. The number of hydrogen-bond acceptors (Lipinski definition) is 2. The van der Waals surface area contributed by atoms with Gasteiger partial charge in [0.25, 0.3) is 0 Å².